The van der Waals surface area contributed by atoms with Gasteiger partial charge in [-0.25, -0.2) is 0 Å². The Bertz CT molecular complexity index is 181. The molecular formula is C7H13N3O. The zero-order valence-electron chi connectivity index (χ0n) is 6.68. The highest BCUT2D eigenvalue weighted by Crippen LogP contribution is 2.21. The van der Waals surface area contributed by atoms with Crippen LogP contribution in [-0.2, 0) is 4.79 Å². The Hall–Kier alpha value is -0.610. The number of nitrogens with zero attached hydrogens (tertiary/aromatic N) is 1. The molecule has 2 saturated heterocycles. The van der Waals surface area contributed by atoms with Crippen molar-refractivity contribution < 1.29 is 4.79 Å². The van der Waals surface area contributed by atoms with Crippen LogP contribution in [0.4, 0.5) is 0 Å². The minimum atomic E-state index is -0.243. The molecule has 1 spiro atoms. The molecule has 2 rings (SSSR count). The van der Waals surface area contributed by atoms with E-state index < -0.39 is 0 Å². The monoisotopic (exact) mass is 155 g/mol. The van der Waals surface area contributed by atoms with Gasteiger partial charge in [0.2, 0.25) is 5.91 Å². The summed E-state index contributed by atoms with van der Waals surface area (Å²) in [5.74, 6) is 0.227. The van der Waals surface area contributed by atoms with Gasteiger partial charge in [0.25, 0.3) is 0 Å². The minimum Gasteiger partial charge on any atom is -0.342 e. The average Bonchev–Trinajstić information content (AvgIpc) is 2.06. The molecule has 1 amide bonds. The molecule has 4 heteroatoms. The van der Waals surface area contributed by atoms with E-state index in [-0.39, 0.29) is 11.4 Å². The van der Waals surface area contributed by atoms with Gasteiger partial charge in [-0.05, 0) is 0 Å². The maximum atomic E-state index is 11.4. The lowest BCUT2D eigenvalue weighted by molar-refractivity contribution is -0.151. The molecule has 62 valence electrons. The number of nitrogens with one attached hydrogen (secondary N) is 2. The van der Waals surface area contributed by atoms with Gasteiger partial charge in [0.15, 0.2) is 0 Å². The summed E-state index contributed by atoms with van der Waals surface area (Å²) in [5.41, 5.74) is -0.243. The van der Waals surface area contributed by atoms with Crippen LogP contribution in [0.1, 0.15) is 0 Å². The summed E-state index contributed by atoms with van der Waals surface area (Å²) in [6.45, 7) is 3.51. The van der Waals surface area contributed by atoms with Gasteiger partial charge in [-0.1, -0.05) is 0 Å². The first-order chi connectivity index (χ1) is 5.25. The second-order valence-corrected chi connectivity index (χ2v) is 3.35. The van der Waals surface area contributed by atoms with Crippen molar-refractivity contribution in [3.63, 3.8) is 0 Å². The van der Waals surface area contributed by atoms with E-state index in [1.165, 1.54) is 0 Å². The Labute approximate surface area is 65.9 Å². The molecule has 1 atom stereocenters. The number of β-lactam (4-membered cyclic amide) rings is 1. The average molecular weight is 155 g/mol. The van der Waals surface area contributed by atoms with Gasteiger partial charge in [-0.3, -0.25) is 10.1 Å². The van der Waals surface area contributed by atoms with Crippen molar-refractivity contribution in [3.05, 3.63) is 0 Å². The van der Waals surface area contributed by atoms with Crippen molar-refractivity contribution in [3.8, 4) is 0 Å². The number of likely N-dealkylation sites (tertiary alicyclic amines) is 1. The third-order valence-corrected chi connectivity index (χ3v) is 2.46. The highest BCUT2D eigenvalue weighted by Gasteiger charge is 2.50. The molecule has 0 aliphatic carbocycles. The highest BCUT2D eigenvalue weighted by atomic mass is 16.2. The number of piperazine rings is 1. The topological polar surface area (TPSA) is 44.4 Å². The Morgan fingerprint density at radius 1 is 1.55 bits per heavy atom. The van der Waals surface area contributed by atoms with Crippen LogP contribution in [0.3, 0.4) is 0 Å². The zero-order chi connectivity index (χ0) is 7.90. The van der Waals surface area contributed by atoms with Crippen LogP contribution in [0.5, 0.6) is 0 Å². The first-order valence-corrected chi connectivity index (χ1v) is 3.96. The van der Waals surface area contributed by atoms with Crippen LogP contribution >= 0.6 is 0 Å². The first kappa shape index (κ1) is 7.06. The molecule has 0 aromatic carbocycles. The fourth-order valence-electron chi connectivity index (χ4n) is 1.84. The number of carbonyl (C=O) groups is 1. The molecule has 0 saturated carbocycles. The van der Waals surface area contributed by atoms with Crippen LogP contribution in [0, 0.1) is 0 Å². The Morgan fingerprint density at radius 2 is 2.36 bits per heavy atom. The smallest absolute Gasteiger partial charge is 0.245 e. The molecule has 2 N–H and O–H groups in total. The quantitative estimate of drug-likeness (QED) is 0.414. The second-order valence-electron chi connectivity index (χ2n) is 3.35. The van der Waals surface area contributed by atoms with E-state index in [1.807, 2.05) is 7.05 Å². The second kappa shape index (κ2) is 2.19. The van der Waals surface area contributed by atoms with Crippen molar-refractivity contribution >= 4 is 5.91 Å². The van der Waals surface area contributed by atoms with Crippen molar-refractivity contribution in [2.75, 3.05) is 33.2 Å². The summed E-state index contributed by atoms with van der Waals surface area (Å²) in [6, 6.07) is 0. The summed E-state index contributed by atoms with van der Waals surface area (Å²) in [6.07, 6.45) is 0. The zero-order valence-corrected chi connectivity index (χ0v) is 6.68. The van der Waals surface area contributed by atoms with Gasteiger partial charge in [0.05, 0.1) is 0 Å². The molecule has 2 fully saturated rings. The van der Waals surface area contributed by atoms with Crippen molar-refractivity contribution in [2.45, 2.75) is 5.54 Å². The van der Waals surface area contributed by atoms with Gasteiger partial charge in [0, 0.05) is 33.2 Å². The van der Waals surface area contributed by atoms with Crippen LogP contribution < -0.4 is 10.6 Å². The van der Waals surface area contributed by atoms with Crippen molar-refractivity contribution in [1.29, 1.82) is 0 Å². The molecule has 0 radical (unpaired) electrons. The SMILES string of the molecule is CN1CC2(CNCCN2)C1=O. The molecule has 2 aliphatic rings. The molecule has 0 bridgehead atoms. The molecular weight excluding hydrogens is 142 g/mol. The number of likely N-dealkylation sites (N-methyl/N-ethyl adjacent to an activating group) is 1. The lowest BCUT2D eigenvalue weighted by Crippen LogP contribution is -2.78. The Kier molecular flexibility index (Phi) is 1.40. The predicted molar refractivity (Wildman–Crippen MR) is 41.2 cm³/mol. The first-order valence-electron chi connectivity index (χ1n) is 3.96. The highest BCUT2D eigenvalue weighted by molar-refractivity contribution is 5.93. The van der Waals surface area contributed by atoms with Gasteiger partial charge < -0.3 is 10.2 Å². The lowest BCUT2D eigenvalue weighted by Gasteiger charge is -2.49. The normalized spacial score (nSPS) is 37.5. The molecule has 0 aromatic rings. The van der Waals surface area contributed by atoms with E-state index in [0.29, 0.717) is 0 Å². The van der Waals surface area contributed by atoms with E-state index in [2.05, 4.69) is 10.6 Å². The number of hydrogen-bond acceptors (Lipinski definition) is 3. The van der Waals surface area contributed by atoms with Gasteiger partial charge >= 0.3 is 0 Å². The number of amides is 1. The summed E-state index contributed by atoms with van der Waals surface area (Å²) in [4.78, 5) is 13.1. The van der Waals surface area contributed by atoms with E-state index in [9.17, 15) is 4.79 Å². The fraction of sp³-hybridized carbons (Fsp3) is 0.857. The summed E-state index contributed by atoms with van der Waals surface area (Å²) in [5, 5.41) is 6.48. The van der Waals surface area contributed by atoms with E-state index in [4.69, 9.17) is 0 Å². The third-order valence-electron chi connectivity index (χ3n) is 2.46. The minimum absolute atomic E-state index is 0.227. The maximum absolute atomic E-state index is 11.4. The fourth-order valence-corrected chi connectivity index (χ4v) is 1.84. The maximum Gasteiger partial charge on any atom is 0.245 e. The third kappa shape index (κ3) is 0.862. The van der Waals surface area contributed by atoms with Crippen LogP contribution in [0.25, 0.3) is 0 Å². The van der Waals surface area contributed by atoms with Gasteiger partial charge in [-0.2, -0.15) is 0 Å². The number of carbonyl (C=O) groups excluding carboxylic acids is 1. The molecule has 11 heavy (non-hydrogen) atoms. The molecule has 0 aromatic heterocycles. The molecule has 2 heterocycles. The molecule has 4 nitrogen and oxygen atoms in total. The Balaban J connectivity index is 2.06. The summed E-state index contributed by atoms with van der Waals surface area (Å²) < 4.78 is 0. The van der Waals surface area contributed by atoms with E-state index in [1.54, 1.807) is 4.90 Å². The summed E-state index contributed by atoms with van der Waals surface area (Å²) >= 11 is 0. The van der Waals surface area contributed by atoms with Crippen LogP contribution in [0.15, 0.2) is 0 Å². The lowest BCUT2D eigenvalue weighted by atomic mass is 9.87. The van der Waals surface area contributed by atoms with Gasteiger partial charge in [0.1, 0.15) is 5.54 Å². The van der Waals surface area contributed by atoms with E-state index >= 15 is 0 Å². The predicted octanol–water partition coefficient (Wildman–Crippen LogP) is -1.61. The van der Waals surface area contributed by atoms with E-state index in [0.717, 1.165) is 26.2 Å². The molecule has 2 aliphatic heterocycles. The number of hydrogen-bond donors (Lipinski definition) is 2. The molecule has 1 unspecified atom stereocenters. The summed E-state index contributed by atoms with van der Waals surface area (Å²) in [7, 11) is 1.84. The van der Waals surface area contributed by atoms with Crippen LogP contribution in [-0.4, -0.2) is 49.6 Å². The Morgan fingerprint density at radius 3 is 2.82 bits per heavy atom. The standard InChI is InChI=1S/C7H13N3O/c1-10-5-7(6(10)11)4-8-2-3-9-7/h8-9H,2-5H2,1H3. The van der Waals surface area contributed by atoms with Crippen molar-refractivity contribution in [2.24, 2.45) is 0 Å². The largest absolute Gasteiger partial charge is 0.342 e. The van der Waals surface area contributed by atoms with Crippen molar-refractivity contribution in [1.82, 2.24) is 15.5 Å². The van der Waals surface area contributed by atoms with Crippen LogP contribution in [0.2, 0.25) is 0 Å². The van der Waals surface area contributed by atoms with Gasteiger partial charge in [-0.15, -0.1) is 0 Å². The number of rotatable bonds is 0.